The Balaban J connectivity index is 0. The van der Waals surface area contributed by atoms with Gasteiger partial charge in [-0.3, -0.25) is 19.2 Å². The van der Waals surface area contributed by atoms with Crippen LogP contribution in [0.25, 0.3) is 0 Å². The average Bonchev–Trinajstić information content (AvgIpc) is 2.38. The summed E-state index contributed by atoms with van der Waals surface area (Å²) in [6.45, 7) is -0.567. The van der Waals surface area contributed by atoms with Gasteiger partial charge in [0, 0.05) is 44.9 Å². The molecule has 2 amide bonds. The van der Waals surface area contributed by atoms with Gasteiger partial charge in [0.25, 0.3) is 0 Å². The van der Waals surface area contributed by atoms with E-state index in [1.165, 1.54) is 0 Å². The van der Waals surface area contributed by atoms with Crippen LogP contribution in [0, 0.1) is 0 Å². The second kappa shape index (κ2) is 11.9. The van der Waals surface area contributed by atoms with Crippen molar-refractivity contribution in [2.45, 2.75) is 24.9 Å². The summed E-state index contributed by atoms with van der Waals surface area (Å²) in [5.41, 5.74) is 5.23. The van der Waals surface area contributed by atoms with Crippen LogP contribution in [0.1, 0.15) is 12.8 Å². The molecule has 2 atom stereocenters. The maximum Gasteiger partial charge on any atom is 0.322 e. The second-order valence-electron chi connectivity index (χ2n) is 3.90. The van der Waals surface area contributed by atoms with E-state index >= 15 is 0 Å². The number of nitrogens with one attached hydrogen (secondary N) is 2. The Bertz CT molecular complexity index is 395. The zero-order chi connectivity index (χ0) is 15.7. The van der Waals surface area contributed by atoms with Crippen molar-refractivity contribution in [3.05, 3.63) is 0 Å². The van der Waals surface area contributed by atoms with Crippen LogP contribution in [-0.4, -0.2) is 58.3 Å². The molecule has 21 heavy (non-hydrogen) atoms. The van der Waals surface area contributed by atoms with Crippen LogP contribution in [0.5, 0.6) is 0 Å². The van der Waals surface area contributed by atoms with Gasteiger partial charge in [-0.1, -0.05) is 0 Å². The van der Waals surface area contributed by atoms with Crippen molar-refractivity contribution in [1.82, 2.24) is 10.6 Å². The molecule has 0 aliphatic carbocycles. The fourth-order valence-corrected chi connectivity index (χ4v) is 1.41. The van der Waals surface area contributed by atoms with Gasteiger partial charge in [0.1, 0.15) is 18.6 Å². The summed E-state index contributed by atoms with van der Waals surface area (Å²) in [6.07, 6.45) is -0.235. The van der Waals surface area contributed by atoms with Gasteiger partial charge in [-0.05, 0) is 6.42 Å². The third-order valence-electron chi connectivity index (χ3n) is 2.25. The average molecular weight is 396 g/mol. The molecule has 0 spiro atoms. The molecule has 0 fully saturated rings. The van der Waals surface area contributed by atoms with E-state index in [2.05, 4.69) is 23.3 Å². The van der Waals surface area contributed by atoms with Crippen molar-refractivity contribution < 1.29 is 62.1 Å². The Morgan fingerprint density at radius 3 is 2.19 bits per heavy atom. The number of carboxylic acid groups (broad SMARTS) is 2. The molecule has 0 saturated carbocycles. The van der Waals surface area contributed by atoms with Gasteiger partial charge in [0.2, 0.25) is 11.8 Å². The Hall–Kier alpha value is -0.706. The Morgan fingerprint density at radius 1 is 1.19 bits per heavy atom. The number of hydrogen-bond acceptors (Lipinski definition) is 6. The summed E-state index contributed by atoms with van der Waals surface area (Å²) in [5.74, 6) is -3.70. The first kappa shape index (κ1) is 22.6. The Labute approximate surface area is 151 Å². The van der Waals surface area contributed by atoms with Gasteiger partial charge in [0.05, 0.1) is 0 Å². The van der Waals surface area contributed by atoms with E-state index in [4.69, 9.17) is 15.9 Å². The van der Waals surface area contributed by atoms with Crippen LogP contribution in [0.15, 0.2) is 0 Å². The van der Waals surface area contributed by atoms with Gasteiger partial charge in [-0.2, -0.15) is 12.6 Å². The quantitative estimate of drug-likeness (QED) is 0.241. The van der Waals surface area contributed by atoms with Crippen LogP contribution in [0.4, 0.5) is 0 Å². The zero-order valence-corrected chi connectivity index (χ0v) is 14.8. The fourth-order valence-electron chi connectivity index (χ4n) is 1.16. The Morgan fingerprint density at radius 2 is 1.76 bits per heavy atom. The summed E-state index contributed by atoms with van der Waals surface area (Å²) >= 11 is 3.87. The number of thiol groups is 1. The maximum atomic E-state index is 11.5. The van der Waals surface area contributed by atoms with Gasteiger partial charge in [-0.15, -0.1) is 0 Å². The number of carbonyl (C=O) groups excluding carboxylic acids is 2. The van der Waals surface area contributed by atoms with Crippen molar-refractivity contribution in [1.29, 1.82) is 0 Å². The molecule has 0 bridgehead atoms. The molecule has 9 nitrogen and oxygen atoms in total. The van der Waals surface area contributed by atoms with Crippen molar-refractivity contribution in [2.24, 2.45) is 5.73 Å². The number of hydrogen-bond donors (Lipinski definition) is 6. The van der Waals surface area contributed by atoms with E-state index in [-0.39, 0.29) is 51.3 Å². The van der Waals surface area contributed by atoms with Crippen LogP contribution in [-0.2, 0) is 51.9 Å². The molecule has 0 aliphatic heterocycles. The number of nitrogens with two attached hydrogens (primary N) is 1. The first-order chi connectivity index (χ1) is 9.27. The normalized spacial score (nSPS) is 12.5. The molecule has 0 rings (SSSR count). The van der Waals surface area contributed by atoms with Crippen LogP contribution in [0.2, 0.25) is 0 Å². The fraction of sp³-hybridized carbons (Fsp3) is 0.600. The third kappa shape index (κ3) is 10.6. The first-order valence-electron chi connectivity index (χ1n) is 5.66. The number of amides is 2. The van der Waals surface area contributed by atoms with Gasteiger partial charge >= 0.3 is 11.9 Å². The minimum atomic E-state index is -1.22. The van der Waals surface area contributed by atoms with Crippen molar-refractivity contribution in [2.75, 3.05) is 12.3 Å². The molecule has 0 aromatic carbocycles. The summed E-state index contributed by atoms with van der Waals surface area (Å²) in [5, 5.41) is 21.4. The smallest absolute Gasteiger partial charge is 0.322 e. The zero-order valence-electron chi connectivity index (χ0n) is 11.1. The molecular formula is C10H17N3O6SY. The van der Waals surface area contributed by atoms with E-state index in [1.807, 2.05) is 0 Å². The van der Waals surface area contributed by atoms with Crippen molar-refractivity contribution >= 4 is 36.4 Å². The van der Waals surface area contributed by atoms with Gasteiger partial charge < -0.3 is 26.6 Å². The maximum absolute atomic E-state index is 11.5. The van der Waals surface area contributed by atoms with Crippen LogP contribution >= 0.6 is 12.6 Å². The molecule has 0 saturated heterocycles. The van der Waals surface area contributed by atoms with E-state index in [0.29, 0.717) is 0 Å². The SMILES string of the molecule is N[C@@H](CCC(=O)N[C@@H](CS)C(=O)NCC(=O)O)C(=O)O.[Y]. The number of carbonyl (C=O) groups is 4. The molecule has 6 N–H and O–H groups in total. The van der Waals surface area contributed by atoms with E-state index in [9.17, 15) is 19.2 Å². The topological polar surface area (TPSA) is 159 Å². The molecular weight excluding hydrogens is 379 g/mol. The monoisotopic (exact) mass is 396 g/mol. The number of aliphatic carboxylic acids is 2. The van der Waals surface area contributed by atoms with Crippen LogP contribution in [0.3, 0.4) is 0 Å². The van der Waals surface area contributed by atoms with Gasteiger partial charge in [-0.25, -0.2) is 0 Å². The summed E-state index contributed by atoms with van der Waals surface area (Å²) in [6, 6.07) is -2.15. The van der Waals surface area contributed by atoms with E-state index in [1.54, 1.807) is 0 Å². The van der Waals surface area contributed by atoms with E-state index < -0.39 is 42.4 Å². The standard InChI is InChI=1S/C10H17N3O6S.Y/c11-5(10(18)19)1-2-7(14)13-6(4-20)9(17)12-3-8(15)16;/h5-6,20H,1-4,11H2,(H,12,17)(H,13,14)(H,15,16)(H,18,19);/t5-,6-;/m0./s1. The Kier molecular flexibility index (Phi) is 12.8. The third-order valence-corrected chi connectivity index (χ3v) is 2.61. The molecule has 0 aromatic heterocycles. The molecule has 0 aliphatic rings. The number of carboxylic acids is 2. The summed E-state index contributed by atoms with van der Waals surface area (Å²) in [7, 11) is 0. The molecule has 0 heterocycles. The first-order valence-corrected chi connectivity index (χ1v) is 6.29. The summed E-state index contributed by atoms with van der Waals surface area (Å²) < 4.78 is 0. The molecule has 0 aromatic rings. The van der Waals surface area contributed by atoms with Crippen molar-refractivity contribution in [3.63, 3.8) is 0 Å². The predicted molar refractivity (Wildman–Crippen MR) is 71.3 cm³/mol. The molecule has 11 heteroatoms. The molecule has 117 valence electrons. The molecule has 0 unspecified atom stereocenters. The van der Waals surface area contributed by atoms with E-state index in [0.717, 1.165) is 0 Å². The second-order valence-corrected chi connectivity index (χ2v) is 4.26. The summed E-state index contributed by atoms with van der Waals surface area (Å²) in [4.78, 5) is 43.7. The van der Waals surface area contributed by atoms with Gasteiger partial charge in [0.15, 0.2) is 0 Å². The minimum Gasteiger partial charge on any atom is -0.480 e. The van der Waals surface area contributed by atoms with Crippen LogP contribution < -0.4 is 16.4 Å². The molecule has 1 radical (unpaired) electrons. The predicted octanol–water partition coefficient (Wildman–Crippen LogP) is -2.21. The minimum absolute atomic E-state index is 0. The largest absolute Gasteiger partial charge is 0.480 e. The van der Waals surface area contributed by atoms with Crippen molar-refractivity contribution in [3.8, 4) is 0 Å². The number of rotatable bonds is 9.